The third kappa shape index (κ3) is 4.25. The van der Waals surface area contributed by atoms with E-state index in [9.17, 15) is 19.2 Å². The molecular formula is C24H27N3O5S. The lowest BCUT2D eigenvalue weighted by molar-refractivity contribution is -0.136. The molecule has 1 aliphatic heterocycles. The predicted molar refractivity (Wildman–Crippen MR) is 125 cm³/mol. The van der Waals surface area contributed by atoms with Crippen molar-refractivity contribution in [3.63, 3.8) is 0 Å². The molecular weight excluding hydrogens is 442 g/mol. The molecule has 1 spiro atoms. The molecule has 33 heavy (non-hydrogen) atoms. The number of nitrogens with one attached hydrogen (secondary N) is 2. The van der Waals surface area contributed by atoms with E-state index < -0.39 is 30.0 Å². The number of hydrogen-bond donors (Lipinski definition) is 2. The third-order valence-electron chi connectivity index (χ3n) is 6.41. The predicted octanol–water partition coefficient (Wildman–Crippen LogP) is 4.03. The van der Waals surface area contributed by atoms with Gasteiger partial charge in [0.05, 0.1) is 6.61 Å². The molecule has 4 amide bonds. The minimum Gasteiger partial charge on any atom is -0.462 e. The molecule has 2 fully saturated rings. The second-order valence-electron chi connectivity index (χ2n) is 8.43. The third-order valence-corrected chi connectivity index (χ3v) is 7.31. The first-order valence-corrected chi connectivity index (χ1v) is 12.0. The number of esters is 1. The van der Waals surface area contributed by atoms with E-state index in [1.165, 1.54) is 11.3 Å². The molecule has 2 aromatic rings. The fourth-order valence-electron chi connectivity index (χ4n) is 4.63. The van der Waals surface area contributed by atoms with Crippen molar-refractivity contribution in [1.82, 2.24) is 10.2 Å². The number of nitrogens with zero attached hydrogens (tertiary/aromatic N) is 1. The van der Waals surface area contributed by atoms with Crippen molar-refractivity contribution in [3.8, 4) is 11.1 Å². The molecule has 1 saturated carbocycles. The number of carbonyl (C=O) groups excluding carboxylic acids is 4. The lowest BCUT2D eigenvalue weighted by atomic mass is 9.73. The number of thiophene rings is 1. The molecule has 0 radical (unpaired) electrons. The Morgan fingerprint density at radius 1 is 1.24 bits per heavy atom. The van der Waals surface area contributed by atoms with E-state index in [0.717, 1.165) is 29.7 Å². The second-order valence-corrected chi connectivity index (χ2v) is 9.31. The number of benzene rings is 1. The molecule has 1 aromatic carbocycles. The smallest absolute Gasteiger partial charge is 0.341 e. The van der Waals surface area contributed by atoms with Gasteiger partial charge in [-0.2, -0.15) is 0 Å². The molecule has 4 rings (SSSR count). The summed E-state index contributed by atoms with van der Waals surface area (Å²) >= 11 is 1.20. The van der Waals surface area contributed by atoms with Gasteiger partial charge in [0.2, 0.25) is 5.91 Å². The van der Waals surface area contributed by atoms with Gasteiger partial charge in [0, 0.05) is 10.9 Å². The van der Waals surface area contributed by atoms with Crippen LogP contribution in [0.15, 0.2) is 35.7 Å². The van der Waals surface area contributed by atoms with E-state index >= 15 is 0 Å². The van der Waals surface area contributed by atoms with Crippen molar-refractivity contribution in [3.05, 3.63) is 41.3 Å². The normalized spacial score (nSPS) is 22.4. The molecule has 2 atom stereocenters. The number of hydrogen-bond acceptors (Lipinski definition) is 6. The number of urea groups is 1. The van der Waals surface area contributed by atoms with Gasteiger partial charge in [-0.15, -0.1) is 11.3 Å². The lowest BCUT2D eigenvalue weighted by Crippen LogP contribution is -2.54. The summed E-state index contributed by atoms with van der Waals surface area (Å²) in [6.45, 7) is 3.45. The molecule has 9 heteroatoms. The highest BCUT2D eigenvalue weighted by atomic mass is 32.1. The summed E-state index contributed by atoms with van der Waals surface area (Å²) in [6, 6.07) is 8.79. The summed E-state index contributed by atoms with van der Waals surface area (Å²) in [5.74, 6) is -1.43. The van der Waals surface area contributed by atoms with E-state index in [2.05, 4.69) is 10.6 Å². The van der Waals surface area contributed by atoms with Crippen LogP contribution >= 0.6 is 11.3 Å². The Bertz CT molecular complexity index is 1080. The minimum atomic E-state index is -0.922. The van der Waals surface area contributed by atoms with Crippen LogP contribution in [0.25, 0.3) is 11.1 Å². The lowest BCUT2D eigenvalue weighted by Gasteiger charge is -2.36. The summed E-state index contributed by atoms with van der Waals surface area (Å²) in [4.78, 5) is 52.2. The van der Waals surface area contributed by atoms with Crippen molar-refractivity contribution in [2.24, 2.45) is 5.92 Å². The van der Waals surface area contributed by atoms with Crippen molar-refractivity contribution < 1.29 is 23.9 Å². The first-order chi connectivity index (χ1) is 15.9. The summed E-state index contributed by atoms with van der Waals surface area (Å²) in [6.07, 6.45) is 3.31. The first kappa shape index (κ1) is 23.0. The van der Waals surface area contributed by atoms with Crippen LogP contribution in [0.2, 0.25) is 0 Å². The van der Waals surface area contributed by atoms with Crippen molar-refractivity contribution in [2.75, 3.05) is 18.5 Å². The fourth-order valence-corrected chi connectivity index (χ4v) is 5.61. The van der Waals surface area contributed by atoms with Crippen molar-refractivity contribution in [1.29, 1.82) is 0 Å². The first-order valence-electron chi connectivity index (χ1n) is 11.2. The standard InChI is InChI=1S/C24H27N3O5S/c1-3-32-21(29)19-17(16-10-5-4-6-11-16)14-33-20(19)25-18(28)13-27-22(30)24(26-23(27)31)12-8-7-9-15(24)2/h4-6,10-11,14-15H,3,7-9,12-13H2,1-2H3,(H,25,28)(H,26,31)/t15-,24+/m0/s1. The summed E-state index contributed by atoms with van der Waals surface area (Å²) < 4.78 is 5.21. The zero-order valence-electron chi connectivity index (χ0n) is 18.7. The topological polar surface area (TPSA) is 105 Å². The highest BCUT2D eigenvalue weighted by molar-refractivity contribution is 7.15. The maximum absolute atomic E-state index is 13.1. The molecule has 2 aliphatic rings. The van der Waals surface area contributed by atoms with Crippen molar-refractivity contribution >= 4 is 40.2 Å². The maximum Gasteiger partial charge on any atom is 0.341 e. The largest absolute Gasteiger partial charge is 0.462 e. The summed E-state index contributed by atoms with van der Waals surface area (Å²) in [5, 5.41) is 7.67. The van der Waals surface area contributed by atoms with E-state index in [1.807, 2.05) is 37.3 Å². The Kier molecular flexibility index (Phi) is 6.51. The van der Waals surface area contributed by atoms with Gasteiger partial charge in [-0.1, -0.05) is 50.1 Å². The monoisotopic (exact) mass is 469 g/mol. The number of rotatable bonds is 6. The zero-order valence-corrected chi connectivity index (χ0v) is 19.5. The van der Waals surface area contributed by atoms with E-state index in [1.54, 1.807) is 12.3 Å². The highest BCUT2D eigenvalue weighted by Gasteiger charge is 2.55. The van der Waals surface area contributed by atoms with E-state index in [4.69, 9.17) is 4.74 Å². The molecule has 1 saturated heterocycles. The van der Waals surface area contributed by atoms with Gasteiger partial charge >= 0.3 is 12.0 Å². The molecule has 174 valence electrons. The minimum absolute atomic E-state index is 0.0110. The van der Waals surface area contributed by atoms with Gasteiger partial charge in [0.25, 0.3) is 5.91 Å². The Balaban J connectivity index is 1.54. The molecule has 2 N–H and O–H groups in total. The Morgan fingerprint density at radius 2 is 2.00 bits per heavy atom. The molecule has 1 aromatic heterocycles. The molecule has 8 nitrogen and oxygen atoms in total. The van der Waals surface area contributed by atoms with Gasteiger partial charge in [-0.25, -0.2) is 9.59 Å². The van der Waals surface area contributed by atoms with Crippen LogP contribution in [0.3, 0.4) is 0 Å². The quantitative estimate of drug-likeness (QED) is 0.491. The second kappa shape index (κ2) is 9.35. The Hall–Kier alpha value is -3.20. The zero-order chi connectivity index (χ0) is 23.6. The fraction of sp³-hybridized carbons (Fsp3) is 0.417. The van der Waals surface area contributed by atoms with Gasteiger partial charge < -0.3 is 15.4 Å². The highest BCUT2D eigenvalue weighted by Crippen LogP contribution is 2.39. The van der Waals surface area contributed by atoms with Crippen LogP contribution in [0.5, 0.6) is 0 Å². The molecule has 1 aliphatic carbocycles. The van der Waals surface area contributed by atoms with Gasteiger partial charge in [0.1, 0.15) is 22.6 Å². The van der Waals surface area contributed by atoms with Crippen LogP contribution in [-0.4, -0.2) is 47.4 Å². The van der Waals surface area contributed by atoms with Crippen LogP contribution in [0, 0.1) is 5.92 Å². The number of carbonyl (C=O) groups is 4. The SMILES string of the molecule is CCOC(=O)c1c(-c2ccccc2)csc1NC(=O)CN1C(=O)N[C@@]2(CCCC[C@@H]2C)C1=O. The van der Waals surface area contributed by atoms with Crippen LogP contribution in [-0.2, 0) is 14.3 Å². The number of amides is 4. The molecule has 0 bridgehead atoms. The average molecular weight is 470 g/mol. The van der Waals surface area contributed by atoms with Crippen LogP contribution in [0.4, 0.5) is 9.80 Å². The summed E-state index contributed by atoms with van der Waals surface area (Å²) in [7, 11) is 0. The summed E-state index contributed by atoms with van der Waals surface area (Å²) in [5.41, 5.74) is 0.810. The van der Waals surface area contributed by atoms with Crippen LogP contribution < -0.4 is 10.6 Å². The number of ether oxygens (including phenoxy) is 1. The number of imide groups is 1. The number of anilines is 1. The Morgan fingerprint density at radius 3 is 2.70 bits per heavy atom. The molecule has 2 heterocycles. The van der Waals surface area contributed by atoms with E-state index in [-0.39, 0.29) is 24.0 Å². The Labute approximate surface area is 196 Å². The maximum atomic E-state index is 13.1. The molecule has 0 unspecified atom stereocenters. The van der Waals surface area contributed by atoms with Gasteiger partial charge in [-0.3, -0.25) is 14.5 Å². The van der Waals surface area contributed by atoms with Crippen molar-refractivity contribution in [2.45, 2.75) is 45.1 Å². The van der Waals surface area contributed by atoms with E-state index in [0.29, 0.717) is 17.0 Å². The van der Waals surface area contributed by atoms with Gasteiger partial charge in [-0.05, 0) is 31.2 Å². The van der Waals surface area contributed by atoms with Crippen LogP contribution in [0.1, 0.15) is 49.9 Å². The van der Waals surface area contributed by atoms with Gasteiger partial charge in [0.15, 0.2) is 0 Å². The average Bonchev–Trinajstić information content (AvgIpc) is 3.31.